The predicted molar refractivity (Wildman–Crippen MR) is 75.2 cm³/mol. The van der Waals surface area contributed by atoms with Crippen LogP contribution in [0.4, 0.5) is 0 Å². The van der Waals surface area contributed by atoms with Crippen molar-refractivity contribution in [1.29, 1.82) is 0 Å². The molecule has 1 unspecified atom stereocenters. The quantitative estimate of drug-likeness (QED) is 0.914. The van der Waals surface area contributed by atoms with Gasteiger partial charge in [0.15, 0.2) is 0 Å². The molecule has 1 atom stereocenters. The molecular weight excluding hydrogens is 238 g/mol. The van der Waals surface area contributed by atoms with Crippen LogP contribution in [-0.4, -0.2) is 16.2 Å². The Kier molecular flexibility index (Phi) is 4.17. The van der Waals surface area contributed by atoms with E-state index >= 15 is 0 Å². The van der Waals surface area contributed by atoms with Crippen LogP contribution in [0.5, 0.6) is 5.75 Å². The van der Waals surface area contributed by atoms with E-state index in [0.29, 0.717) is 0 Å². The number of rotatable bonds is 4. The Labute approximate surface area is 113 Å². The topological polar surface area (TPSA) is 42.4 Å². The van der Waals surface area contributed by atoms with Crippen LogP contribution in [-0.2, 0) is 0 Å². The summed E-state index contributed by atoms with van der Waals surface area (Å²) in [6, 6.07) is 11.3. The van der Waals surface area contributed by atoms with Crippen LogP contribution in [0.15, 0.2) is 42.6 Å². The lowest BCUT2D eigenvalue weighted by molar-refractivity contribution is 0.216. The van der Waals surface area contributed by atoms with Crippen molar-refractivity contribution >= 4 is 0 Å². The van der Waals surface area contributed by atoms with E-state index in [1.807, 2.05) is 57.2 Å². The first-order valence-electron chi connectivity index (χ1n) is 6.43. The molecule has 1 aromatic heterocycles. The van der Waals surface area contributed by atoms with Crippen LogP contribution in [0.1, 0.15) is 36.8 Å². The van der Waals surface area contributed by atoms with Crippen molar-refractivity contribution in [1.82, 2.24) is 4.98 Å². The lowest BCUT2D eigenvalue weighted by atomic mass is 10.0. The molecule has 1 heterocycles. The lowest BCUT2D eigenvalue weighted by Crippen LogP contribution is -2.06. The average Bonchev–Trinajstić information content (AvgIpc) is 2.37. The zero-order chi connectivity index (χ0) is 13.8. The molecular formula is C16H19NO2. The second-order valence-electron chi connectivity index (χ2n) is 4.87. The standard InChI is InChI=1S/C16H19NO2/c1-11(2)19-15-6-4-5-13(10-15)16(18)14-7-8-17-12(3)9-14/h4-11,16,18H,1-3H3. The van der Waals surface area contributed by atoms with E-state index in [0.717, 1.165) is 22.6 Å². The van der Waals surface area contributed by atoms with E-state index in [2.05, 4.69) is 4.98 Å². The van der Waals surface area contributed by atoms with E-state index in [9.17, 15) is 5.11 Å². The summed E-state index contributed by atoms with van der Waals surface area (Å²) in [6.07, 6.45) is 1.18. The number of aromatic nitrogens is 1. The van der Waals surface area contributed by atoms with Crippen molar-refractivity contribution in [3.8, 4) is 5.75 Å². The van der Waals surface area contributed by atoms with E-state index < -0.39 is 6.10 Å². The van der Waals surface area contributed by atoms with Crippen molar-refractivity contribution in [3.05, 3.63) is 59.4 Å². The first-order valence-corrected chi connectivity index (χ1v) is 6.43. The third kappa shape index (κ3) is 3.55. The highest BCUT2D eigenvalue weighted by atomic mass is 16.5. The molecule has 0 aliphatic heterocycles. The van der Waals surface area contributed by atoms with Gasteiger partial charge in [-0.15, -0.1) is 0 Å². The smallest absolute Gasteiger partial charge is 0.120 e. The fourth-order valence-electron chi connectivity index (χ4n) is 1.96. The second kappa shape index (κ2) is 5.85. The minimum atomic E-state index is -0.655. The number of hydrogen-bond acceptors (Lipinski definition) is 3. The number of aryl methyl sites for hydroxylation is 1. The minimum Gasteiger partial charge on any atom is -0.491 e. The van der Waals surface area contributed by atoms with Crippen LogP contribution < -0.4 is 4.74 Å². The Balaban J connectivity index is 2.26. The van der Waals surface area contributed by atoms with Gasteiger partial charge in [0.1, 0.15) is 11.9 Å². The SMILES string of the molecule is Cc1cc(C(O)c2cccc(OC(C)C)c2)ccn1. The van der Waals surface area contributed by atoms with Crippen molar-refractivity contribution in [3.63, 3.8) is 0 Å². The maximum atomic E-state index is 10.4. The van der Waals surface area contributed by atoms with Crippen LogP contribution in [0.25, 0.3) is 0 Å². The van der Waals surface area contributed by atoms with E-state index in [-0.39, 0.29) is 6.10 Å². The van der Waals surface area contributed by atoms with Crippen molar-refractivity contribution in [2.75, 3.05) is 0 Å². The van der Waals surface area contributed by atoms with Crippen LogP contribution in [0.2, 0.25) is 0 Å². The monoisotopic (exact) mass is 257 g/mol. The first kappa shape index (κ1) is 13.6. The van der Waals surface area contributed by atoms with Gasteiger partial charge in [-0.1, -0.05) is 12.1 Å². The fourth-order valence-corrected chi connectivity index (χ4v) is 1.96. The Morgan fingerprint density at radius 2 is 1.84 bits per heavy atom. The van der Waals surface area contributed by atoms with E-state index in [1.165, 1.54) is 0 Å². The number of aliphatic hydroxyl groups excluding tert-OH is 1. The predicted octanol–water partition coefficient (Wildman–Crippen LogP) is 3.26. The molecule has 2 aromatic rings. The number of benzene rings is 1. The minimum absolute atomic E-state index is 0.121. The zero-order valence-corrected chi connectivity index (χ0v) is 11.5. The number of aliphatic hydroxyl groups is 1. The summed E-state index contributed by atoms with van der Waals surface area (Å²) in [6.45, 7) is 5.87. The average molecular weight is 257 g/mol. The first-order chi connectivity index (χ1) is 9.06. The van der Waals surface area contributed by atoms with Gasteiger partial charge in [-0.05, 0) is 56.2 Å². The molecule has 1 N–H and O–H groups in total. The van der Waals surface area contributed by atoms with Gasteiger partial charge >= 0.3 is 0 Å². The van der Waals surface area contributed by atoms with Crippen molar-refractivity contribution in [2.45, 2.75) is 33.0 Å². The molecule has 1 aromatic carbocycles. The summed E-state index contributed by atoms with van der Waals surface area (Å²) in [5.74, 6) is 0.775. The molecule has 3 heteroatoms. The van der Waals surface area contributed by atoms with Crippen LogP contribution in [0.3, 0.4) is 0 Å². The molecule has 0 fully saturated rings. The molecule has 0 saturated heterocycles. The molecule has 100 valence electrons. The largest absolute Gasteiger partial charge is 0.491 e. The third-order valence-corrected chi connectivity index (χ3v) is 2.78. The van der Waals surface area contributed by atoms with Gasteiger partial charge < -0.3 is 9.84 Å². The van der Waals surface area contributed by atoms with Crippen molar-refractivity contribution < 1.29 is 9.84 Å². The van der Waals surface area contributed by atoms with Gasteiger partial charge in [0, 0.05) is 11.9 Å². The van der Waals surface area contributed by atoms with Gasteiger partial charge in [-0.25, -0.2) is 0 Å². The highest BCUT2D eigenvalue weighted by Crippen LogP contribution is 2.25. The lowest BCUT2D eigenvalue weighted by Gasteiger charge is -2.15. The molecule has 0 bridgehead atoms. The summed E-state index contributed by atoms with van der Waals surface area (Å²) in [7, 11) is 0. The second-order valence-corrected chi connectivity index (χ2v) is 4.87. The number of pyridine rings is 1. The van der Waals surface area contributed by atoms with Crippen molar-refractivity contribution in [2.24, 2.45) is 0 Å². The number of ether oxygens (including phenoxy) is 1. The Bertz CT molecular complexity index is 552. The van der Waals surface area contributed by atoms with Gasteiger partial charge in [-0.3, -0.25) is 4.98 Å². The highest BCUT2D eigenvalue weighted by Gasteiger charge is 2.11. The molecule has 19 heavy (non-hydrogen) atoms. The van der Waals surface area contributed by atoms with Crippen LogP contribution >= 0.6 is 0 Å². The molecule has 0 aliphatic rings. The molecule has 0 spiro atoms. The molecule has 3 nitrogen and oxygen atoms in total. The van der Waals surface area contributed by atoms with Gasteiger partial charge in [-0.2, -0.15) is 0 Å². The van der Waals surface area contributed by atoms with E-state index in [1.54, 1.807) is 6.20 Å². The molecule has 0 saturated carbocycles. The maximum Gasteiger partial charge on any atom is 0.120 e. The Hall–Kier alpha value is -1.87. The molecule has 0 radical (unpaired) electrons. The maximum absolute atomic E-state index is 10.4. The van der Waals surface area contributed by atoms with Gasteiger partial charge in [0.25, 0.3) is 0 Å². The Morgan fingerprint density at radius 1 is 1.11 bits per heavy atom. The third-order valence-electron chi connectivity index (χ3n) is 2.78. The molecule has 0 amide bonds. The highest BCUT2D eigenvalue weighted by molar-refractivity contribution is 5.35. The summed E-state index contributed by atoms with van der Waals surface area (Å²) >= 11 is 0. The van der Waals surface area contributed by atoms with Gasteiger partial charge in [0.05, 0.1) is 6.10 Å². The molecule has 0 aliphatic carbocycles. The molecule has 2 rings (SSSR count). The van der Waals surface area contributed by atoms with Crippen LogP contribution in [0, 0.1) is 6.92 Å². The Morgan fingerprint density at radius 3 is 2.53 bits per heavy atom. The van der Waals surface area contributed by atoms with Gasteiger partial charge in [0.2, 0.25) is 0 Å². The fraction of sp³-hybridized carbons (Fsp3) is 0.312. The normalized spacial score (nSPS) is 12.5. The number of nitrogens with zero attached hydrogens (tertiary/aromatic N) is 1. The zero-order valence-electron chi connectivity index (χ0n) is 11.5. The number of hydrogen-bond donors (Lipinski definition) is 1. The summed E-state index contributed by atoms with van der Waals surface area (Å²) in [5.41, 5.74) is 2.56. The summed E-state index contributed by atoms with van der Waals surface area (Å²) in [4.78, 5) is 4.14. The summed E-state index contributed by atoms with van der Waals surface area (Å²) < 4.78 is 5.64. The summed E-state index contributed by atoms with van der Waals surface area (Å²) in [5, 5.41) is 10.4. The van der Waals surface area contributed by atoms with E-state index in [4.69, 9.17) is 4.74 Å².